The van der Waals surface area contributed by atoms with Gasteiger partial charge >= 0.3 is 0 Å². The molecule has 1 aromatic carbocycles. The highest BCUT2D eigenvalue weighted by atomic mass is 19.1. The number of nitrogens with zero attached hydrogens (tertiary/aromatic N) is 2. The van der Waals surface area contributed by atoms with Gasteiger partial charge < -0.3 is 10.1 Å². The molecular formula is C16H22FN3O. The zero-order valence-corrected chi connectivity index (χ0v) is 12.8. The van der Waals surface area contributed by atoms with Gasteiger partial charge in [0.1, 0.15) is 12.4 Å². The topological polar surface area (TPSA) is 39.1 Å². The molecule has 1 N–H and O–H groups in total. The van der Waals surface area contributed by atoms with E-state index in [4.69, 9.17) is 4.74 Å². The maximum Gasteiger partial charge on any atom is 0.212 e. The second-order valence-electron chi connectivity index (χ2n) is 5.50. The summed E-state index contributed by atoms with van der Waals surface area (Å²) in [6, 6.07) is 8.29. The average molecular weight is 291 g/mol. The van der Waals surface area contributed by atoms with Crippen molar-refractivity contribution in [2.75, 3.05) is 7.05 Å². The Morgan fingerprint density at radius 2 is 2.00 bits per heavy atom. The summed E-state index contributed by atoms with van der Waals surface area (Å²) in [5.74, 6) is 0.999. The molecule has 0 bridgehead atoms. The molecule has 0 atom stereocenters. The second-order valence-corrected chi connectivity index (χ2v) is 5.50. The molecule has 0 fully saturated rings. The first-order valence-corrected chi connectivity index (χ1v) is 7.17. The Morgan fingerprint density at radius 1 is 1.29 bits per heavy atom. The molecule has 21 heavy (non-hydrogen) atoms. The van der Waals surface area contributed by atoms with Crippen LogP contribution in [0, 0.1) is 11.7 Å². The molecule has 5 heteroatoms. The van der Waals surface area contributed by atoms with Crippen molar-refractivity contribution in [2.24, 2.45) is 5.92 Å². The van der Waals surface area contributed by atoms with Crippen molar-refractivity contribution < 1.29 is 9.13 Å². The third kappa shape index (κ3) is 4.56. The minimum absolute atomic E-state index is 0.236. The molecule has 0 saturated heterocycles. The third-order valence-corrected chi connectivity index (χ3v) is 2.99. The van der Waals surface area contributed by atoms with Crippen molar-refractivity contribution in [3.8, 4) is 5.88 Å². The predicted octanol–water partition coefficient (Wildman–Crippen LogP) is 2.98. The fourth-order valence-corrected chi connectivity index (χ4v) is 2.05. The third-order valence-electron chi connectivity index (χ3n) is 2.99. The summed E-state index contributed by atoms with van der Waals surface area (Å²) in [7, 11) is 1.89. The minimum atomic E-state index is -0.236. The van der Waals surface area contributed by atoms with E-state index >= 15 is 0 Å². The number of hydrogen-bond donors (Lipinski definition) is 1. The Kier molecular flexibility index (Phi) is 5.33. The molecule has 0 radical (unpaired) electrons. The van der Waals surface area contributed by atoms with E-state index in [0.29, 0.717) is 19.1 Å². The van der Waals surface area contributed by atoms with Gasteiger partial charge in [0.2, 0.25) is 5.88 Å². The smallest absolute Gasteiger partial charge is 0.212 e. The van der Waals surface area contributed by atoms with Crippen molar-refractivity contribution in [3.05, 3.63) is 47.4 Å². The van der Waals surface area contributed by atoms with Crippen LogP contribution in [0.2, 0.25) is 0 Å². The number of nitrogens with one attached hydrogen (secondary N) is 1. The summed E-state index contributed by atoms with van der Waals surface area (Å²) in [5, 5.41) is 7.62. The van der Waals surface area contributed by atoms with Crippen molar-refractivity contribution in [3.63, 3.8) is 0 Å². The fraction of sp³-hybridized carbons (Fsp3) is 0.438. The van der Waals surface area contributed by atoms with E-state index in [0.717, 1.165) is 23.7 Å². The Balaban J connectivity index is 2.07. The normalized spacial score (nSPS) is 11.1. The molecule has 0 amide bonds. The second kappa shape index (κ2) is 7.22. The highest BCUT2D eigenvalue weighted by Gasteiger charge is 2.10. The van der Waals surface area contributed by atoms with E-state index in [9.17, 15) is 4.39 Å². The van der Waals surface area contributed by atoms with Crippen molar-refractivity contribution >= 4 is 0 Å². The molecule has 0 spiro atoms. The van der Waals surface area contributed by atoms with Crippen molar-refractivity contribution in [2.45, 2.75) is 33.5 Å². The zero-order valence-electron chi connectivity index (χ0n) is 12.8. The Hall–Kier alpha value is -1.88. The van der Waals surface area contributed by atoms with Gasteiger partial charge in [0.25, 0.3) is 0 Å². The van der Waals surface area contributed by atoms with Gasteiger partial charge in [-0.25, -0.2) is 9.07 Å². The molecule has 0 aliphatic heterocycles. The standard InChI is InChI=1S/C16H22FN3O/c1-12(2)10-20-16(8-15(19-20)9-18-3)21-11-13-4-6-14(17)7-5-13/h4-8,12,18H,9-11H2,1-3H3. The Bertz CT molecular complexity index is 563. The summed E-state index contributed by atoms with van der Waals surface area (Å²) in [4.78, 5) is 0. The number of rotatable bonds is 7. The quantitative estimate of drug-likeness (QED) is 0.852. The maximum absolute atomic E-state index is 12.9. The molecule has 2 rings (SSSR count). The van der Waals surface area contributed by atoms with Gasteiger partial charge in [0, 0.05) is 19.2 Å². The van der Waals surface area contributed by atoms with Gasteiger partial charge in [-0.3, -0.25) is 0 Å². The number of halogens is 1. The molecular weight excluding hydrogens is 269 g/mol. The van der Waals surface area contributed by atoms with Crippen LogP contribution in [0.1, 0.15) is 25.1 Å². The van der Waals surface area contributed by atoms with Crippen LogP contribution < -0.4 is 10.1 Å². The van der Waals surface area contributed by atoms with E-state index < -0.39 is 0 Å². The predicted molar refractivity (Wildman–Crippen MR) is 80.6 cm³/mol. The lowest BCUT2D eigenvalue weighted by molar-refractivity contribution is 0.265. The highest BCUT2D eigenvalue weighted by Crippen LogP contribution is 2.17. The van der Waals surface area contributed by atoms with Crippen LogP contribution in [0.15, 0.2) is 30.3 Å². The minimum Gasteiger partial charge on any atom is -0.473 e. The lowest BCUT2D eigenvalue weighted by Crippen LogP contribution is -2.10. The summed E-state index contributed by atoms with van der Waals surface area (Å²) in [6.07, 6.45) is 0. The lowest BCUT2D eigenvalue weighted by Gasteiger charge is -2.11. The molecule has 0 aliphatic carbocycles. The first kappa shape index (κ1) is 15.5. The monoisotopic (exact) mass is 291 g/mol. The highest BCUT2D eigenvalue weighted by molar-refractivity contribution is 5.19. The average Bonchev–Trinajstić information content (AvgIpc) is 2.80. The van der Waals surface area contributed by atoms with Crippen LogP contribution in [-0.4, -0.2) is 16.8 Å². The SMILES string of the molecule is CNCc1cc(OCc2ccc(F)cc2)n(CC(C)C)n1. The molecule has 0 unspecified atom stereocenters. The van der Waals surface area contributed by atoms with Crippen molar-refractivity contribution in [1.29, 1.82) is 0 Å². The van der Waals surface area contributed by atoms with Crippen LogP contribution in [-0.2, 0) is 19.7 Å². The first-order chi connectivity index (χ1) is 10.1. The molecule has 0 aliphatic rings. The molecule has 0 saturated carbocycles. The van der Waals surface area contributed by atoms with Gasteiger partial charge in [-0.05, 0) is 30.7 Å². The molecule has 1 heterocycles. The van der Waals surface area contributed by atoms with E-state index in [1.54, 1.807) is 12.1 Å². The Morgan fingerprint density at radius 3 is 2.62 bits per heavy atom. The zero-order chi connectivity index (χ0) is 15.2. The van der Waals surface area contributed by atoms with Crippen LogP contribution in [0.3, 0.4) is 0 Å². The summed E-state index contributed by atoms with van der Waals surface area (Å²) in [6.45, 7) is 6.20. The van der Waals surface area contributed by atoms with Gasteiger partial charge in [-0.1, -0.05) is 26.0 Å². The lowest BCUT2D eigenvalue weighted by atomic mass is 10.2. The van der Waals surface area contributed by atoms with Gasteiger partial charge in [-0.2, -0.15) is 5.10 Å². The molecule has 114 valence electrons. The number of hydrogen-bond acceptors (Lipinski definition) is 3. The molecule has 4 nitrogen and oxygen atoms in total. The fourth-order valence-electron chi connectivity index (χ4n) is 2.05. The summed E-state index contributed by atoms with van der Waals surface area (Å²) < 4.78 is 20.6. The number of aromatic nitrogens is 2. The Labute approximate surface area is 124 Å². The molecule has 2 aromatic rings. The van der Waals surface area contributed by atoms with Crippen molar-refractivity contribution in [1.82, 2.24) is 15.1 Å². The van der Waals surface area contributed by atoms with E-state index in [1.165, 1.54) is 12.1 Å². The number of benzene rings is 1. The number of ether oxygens (including phenoxy) is 1. The van der Waals surface area contributed by atoms with Gasteiger partial charge in [0.05, 0.1) is 5.69 Å². The van der Waals surface area contributed by atoms with Crippen LogP contribution in [0.4, 0.5) is 4.39 Å². The first-order valence-electron chi connectivity index (χ1n) is 7.17. The summed E-state index contributed by atoms with van der Waals surface area (Å²) in [5.41, 5.74) is 1.89. The van der Waals surface area contributed by atoms with Gasteiger partial charge in [-0.15, -0.1) is 0 Å². The van der Waals surface area contributed by atoms with Crippen LogP contribution >= 0.6 is 0 Å². The summed E-state index contributed by atoms with van der Waals surface area (Å²) >= 11 is 0. The van der Waals surface area contributed by atoms with Crippen LogP contribution in [0.5, 0.6) is 5.88 Å². The van der Waals surface area contributed by atoms with Gasteiger partial charge in [0.15, 0.2) is 0 Å². The van der Waals surface area contributed by atoms with E-state index in [1.807, 2.05) is 17.8 Å². The largest absolute Gasteiger partial charge is 0.473 e. The maximum atomic E-state index is 12.9. The molecule has 1 aromatic heterocycles. The van der Waals surface area contributed by atoms with E-state index in [2.05, 4.69) is 24.3 Å². The van der Waals surface area contributed by atoms with E-state index in [-0.39, 0.29) is 5.82 Å². The van der Waals surface area contributed by atoms with Crippen LogP contribution in [0.25, 0.3) is 0 Å².